The second kappa shape index (κ2) is 2.85. The highest BCUT2D eigenvalue weighted by Crippen LogP contribution is 2.74. The number of fused-ring (bicyclic) bond motifs is 3. The molecular formula is C15H26O. The van der Waals surface area contributed by atoms with Crippen LogP contribution in [0.5, 0.6) is 0 Å². The summed E-state index contributed by atoms with van der Waals surface area (Å²) in [6, 6.07) is 0. The average molecular weight is 222 g/mol. The molecule has 3 rings (SSSR count). The van der Waals surface area contributed by atoms with Crippen molar-refractivity contribution >= 4 is 0 Å². The Morgan fingerprint density at radius 2 is 1.69 bits per heavy atom. The molecule has 0 aromatic carbocycles. The van der Waals surface area contributed by atoms with Gasteiger partial charge in [-0.15, -0.1) is 0 Å². The third-order valence-corrected chi connectivity index (χ3v) is 6.38. The van der Waals surface area contributed by atoms with E-state index >= 15 is 0 Å². The minimum Gasteiger partial charge on any atom is -0.390 e. The fourth-order valence-electron chi connectivity index (χ4n) is 5.50. The predicted octanol–water partition coefficient (Wildman–Crippen LogP) is 3.61. The molecule has 0 spiro atoms. The second-order valence-electron chi connectivity index (χ2n) is 7.83. The monoisotopic (exact) mass is 222 g/mol. The maximum atomic E-state index is 10.8. The van der Waals surface area contributed by atoms with Crippen LogP contribution in [0.4, 0.5) is 0 Å². The third-order valence-electron chi connectivity index (χ3n) is 6.38. The van der Waals surface area contributed by atoms with E-state index in [4.69, 9.17) is 0 Å². The highest BCUT2D eigenvalue weighted by atomic mass is 16.3. The molecule has 1 N–H and O–H groups in total. The van der Waals surface area contributed by atoms with Crippen molar-refractivity contribution in [1.29, 1.82) is 0 Å². The Labute approximate surface area is 99.6 Å². The van der Waals surface area contributed by atoms with E-state index in [2.05, 4.69) is 27.7 Å². The molecule has 5 atom stereocenters. The van der Waals surface area contributed by atoms with Gasteiger partial charge in [0.05, 0.1) is 5.60 Å². The highest BCUT2D eigenvalue weighted by Gasteiger charge is 2.69. The Hall–Kier alpha value is -0.0400. The van der Waals surface area contributed by atoms with Gasteiger partial charge in [-0.2, -0.15) is 0 Å². The summed E-state index contributed by atoms with van der Waals surface area (Å²) in [6.07, 6.45) is 6.33. The fraction of sp³-hybridized carbons (Fsp3) is 1.00. The van der Waals surface area contributed by atoms with Gasteiger partial charge >= 0.3 is 0 Å². The Morgan fingerprint density at radius 3 is 2.38 bits per heavy atom. The van der Waals surface area contributed by atoms with Crippen LogP contribution in [-0.4, -0.2) is 10.7 Å². The van der Waals surface area contributed by atoms with Crippen molar-refractivity contribution in [2.24, 2.45) is 28.6 Å². The molecule has 3 aliphatic carbocycles. The fourth-order valence-corrected chi connectivity index (χ4v) is 5.50. The molecule has 0 heterocycles. The molecule has 16 heavy (non-hydrogen) atoms. The standard InChI is InChI=1S/C15H26O/c1-13(2)10-6-9-14(3)7-5-8-15(4,16)12(14)11(10)13/h10-12,16H,5-9H2,1-4H3/t10-,11-,12+,14+,15+/m0/s1. The minimum absolute atomic E-state index is 0.399. The molecule has 3 fully saturated rings. The largest absolute Gasteiger partial charge is 0.390 e. The van der Waals surface area contributed by atoms with Gasteiger partial charge in [-0.3, -0.25) is 0 Å². The lowest BCUT2D eigenvalue weighted by atomic mass is 9.55. The van der Waals surface area contributed by atoms with E-state index in [1.807, 2.05) is 0 Å². The lowest BCUT2D eigenvalue weighted by molar-refractivity contribution is -0.122. The van der Waals surface area contributed by atoms with Crippen LogP contribution in [0.3, 0.4) is 0 Å². The number of rotatable bonds is 0. The van der Waals surface area contributed by atoms with E-state index in [0.717, 1.165) is 18.3 Å². The molecule has 0 aromatic heterocycles. The summed E-state index contributed by atoms with van der Waals surface area (Å²) in [7, 11) is 0. The van der Waals surface area contributed by atoms with Crippen molar-refractivity contribution in [2.45, 2.75) is 65.4 Å². The Balaban J connectivity index is 1.98. The normalized spacial score (nSPS) is 58.7. The molecule has 3 aliphatic rings. The van der Waals surface area contributed by atoms with E-state index in [1.165, 1.54) is 25.7 Å². The van der Waals surface area contributed by atoms with Crippen molar-refractivity contribution in [3.05, 3.63) is 0 Å². The summed E-state index contributed by atoms with van der Waals surface area (Å²) >= 11 is 0. The number of hydrogen-bond acceptors (Lipinski definition) is 1. The quantitative estimate of drug-likeness (QED) is 0.664. The minimum atomic E-state index is -0.399. The maximum Gasteiger partial charge on any atom is 0.0656 e. The smallest absolute Gasteiger partial charge is 0.0656 e. The van der Waals surface area contributed by atoms with E-state index in [0.29, 0.717) is 16.7 Å². The zero-order valence-electron chi connectivity index (χ0n) is 11.2. The lowest BCUT2D eigenvalue weighted by Crippen LogP contribution is -2.51. The molecule has 3 saturated carbocycles. The van der Waals surface area contributed by atoms with Gasteiger partial charge in [0.1, 0.15) is 0 Å². The van der Waals surface area contributed by atoms with Crippen molar-refractivity contribution in [2.75, 3.05) is 0 Å². The molecule has 0 aromatic rings. The van der Waals surface area contributed by atoms with Crippen LogP contribution in [0.15, 0.2) is 0 Å². The zero-order chi connectivity index (χ0) is 11.8. The average Bonchev–Trinajstić information content (AvgIpc) is 2.66. The van der Waals surface area contributed by atoms with Gasteiger partial charge in [0.2, 0.25) is 0 Å². The number of hydrogen-bond donors (Lipinski definition) is 1. The molecule has 0 bridgehead atoms. The number of aliphatic hydroxyl groups is 1. The summed E-state index contributed by atoms with van der Waals surface area (Å²) in [5.74, 6) is 2.25. The molecule has 0 radical (unpaired) electrons. The van der Waals surface area contributed by atoms with E-state index in [1.54, 1.807) is 0 Å². The molecule has 0 saturated heterocycles. The molecule has 1 heteroatoms. The van der Waals surface area contributed by atoms with Crippen molar-refractivity contribution in [3.8, 4) is 0 Å². The summed E-state index contributed by atoms with van der Waals surface area (Å²) in [6.45, 7) is 9.37. The van der Waals surface area contributed by atoms with Crippen LogP contribution in [0.1, 0.15) is 59.8 Å². The third kappa shape index (κ3) is 1.21. The maximum absolute atomic E-state index is 10.8. The van der Waals surface area contributed by atoms with Crippen LogP contribution in [0.2, 0.25) is 0 Å². The zero-order valence-corrected chi connectivity index (χ0v) is 11.2. The van der Waals surface area contributed by atoms with E-state index in [9.17, 15) is 5.11 Å². The Kier molecular flexibility index (Phi) is 1.98. The van der Waals surface area contributed by atoms with Crippen molar-refractivity contribution in [1.82, 2.24) is 0 Å². The summed E-state index contributed by atoms with van der Waals surface area (Å²) in [4.78, 5) is 0. The highest BCUT2D eigenvalue weighted by molar-refractivity contribution is 5.18. The molecular weight excluding hydrogens is 196 g/mol. The van der Waals surface area contributed by atoms with Gasteiger partial charge in [0, 0.05) is 0 Å². The first kappa shape index (κ1) is 11.1. The SMILES string of the molecule is CC1(C)[C@@H]2[C@@H]3[C@](C)(CCC[C@@]3(C)O)CC[C@@H]21. The Bertz CT molecular complexity index is 317. The van der Waals surface area contributed by atoms with Crippen molar-refractivity contribution < 1.29 is 5.11 Å². The second-order valence-corrected chi connectivity index (χ2v) is 7.83. The summed E-state index contributed by atoms with van der Waals surface area (Å²) in [5.41, 5.74) is 0.532. The summed E-state index contributed by atoms with van der Waals surface area (Å²) in [5, 5.41) is 10.8. The first-order valence-electron chi connectivity index (χ1n) is 7.01. The van der Waals surface area contributed by atoms with E-state index < -0.39 is 5.60 Å². The van der Waals surface area contributed by atoms with Crippen LogP contribution >= 0.6 is 0 Å². The predicted molar refractivity (Wildman–Crippen MR) is 66.1 cm³/mol. The van der Waals surface area contributed by atoms with Gasteiger partial charge in [-0.25, -0.2) is 0 Å². The van der Waals surface area contributed by atoms with Crippen LogP contribution < -0.4 is 0 Å². The Morgan fingerprint density at radius 1 is 1.00 bits per heavy atom. The molecule has 0 amide bonds. The van der Waals surface area contributed by atoms with E-state index in [-0.39, 0.29) is 0 Å². The first-order valence-corrected chi connectivity index (χ1v) is 7.01. The van der Waals surface area contributed by atoms with Gasteiger partial charge < -0.3 is 5.11 Å². The van der Waals surface area contributed by atoms with Crippen LogP contribution in [0, 0.1) is 28.6 Å². The van der Waals surface area contributed by atoms with Crippen LogP contribution in [0.25, 0.3) is 0 Å². The van der Waals surface area contributed by atoms with Gasteiger partial charge in [0.15, 0.2) is 0 Å². The van der Waals surface area contributed by atoms with Crippen LogP contribution in [-0.2, 0) is 0 Å². The lowest BCUT2D eigenvalue weighted by Gasteiger charge is -2.52. The molecule has 1 nitrogen and oxygen atoms in total. The molecule has 0 unspecified atom stereocenters. The molecule has 92 valence electrons. The molecule has 0 aliphatic heterocycles. The van der Waals surface area contributed by atoms with Crippen molar-refractivity contribution in [3.63, 3.8) is 0 Å². The van der Waals surface area contributed by atoms with Gasteiger partial charge in [-0.1, -0.05) is 27.2 Å². The topological polar surface area (TPSA) is 20.2 Å². The van der Waals surface area contributed by atoms with Gasteiger partial charge in [0.25, 0.3) is 0 Å². The first-order chi connectivity index (χ1) is 7.29. The summed E-state index contributed by atoms with van der Waals surface area (Å²) < 4.78 is 0. The van der Waals surface area contributed by atoms with Gasteiger partial charge in [-0.05, 0) is 61.2 Å².